The second-order valence-corrected chi connectivity index (χ2v) is 4.53. The number of carboxylic acid groups (broad SMARTS) is 1. The van der Waals surface area contributed by atoms with Gasteiger partial charge >= 0.3 is 12.0 Å². The highest BCUT2D eigenvalue weighted by atomic mass is 16.4. The van der Waals surface area contributed by atoms with E-state index in [2.05, 4.69) is 15.6 Å². The zero-order valence-corrected chi connectivity index (χ0v) is 11.6. The molecule has 1 rings (SSSR count). The second-order valence-electron chi connectivity index (χ2n) is 4.53. The van der Waals surface area contributed by atoms with Crippen molar-refractivity contribution in [2.24, 2.45) is 0 Å². The molecular formula is C13H21N3O4. The van der Waals surface area contributed by atoms with Gasteiger partial charge in [-0.15, -0.1) is 0 Å². The normalized spacial score (nSPS) is 10.2. The first-order valence-electron chi connectivity index (χ1n) is 6.72. The number of amides is 2. The summed E-state index contributed by atoms with van der Waals surface area (Å²) in [5.41, 5.74) is 0. The average molecular weight is 283 g/mol. The van der Waals surface area contributed by atoms with Gasteiger partial charge in [-0.1, -0.05) is 12.8 Å². The lowest BCUT2D eigenvalue weighted by molar-refractivity contribution is -0.137. The standard InChI is InChI=1S/C13H21N3O4/c1-10-8-15-11(20-10)9-16-13(19)14-7-5-3-2-4-6-12(17)18/h8H,2-7,9H2,1H3,(H,17,18)(H2,14,16,19). The summed E-state index contributed by atoms with van der Waals surface area (Å²) >= 11 is 0. The average Bonchev–Trinajstić information content (AvgIpc) is 2.81. The Bertz CT molecular complexity index is 431. The molecule has 0 atom stereocenters. The van der Waals surface area contributed by atoms with Crippen LogP contribution in [-0.2, 0) is 11.3 Å². The lowest BCUT2D eigenvalue weighted by Gasteiger charge is -2.05. The van der Waals surface area contributed by atoms with E-state index >= 15 is 0 Å². The zero-order chi connectivity index (χ0) is 14.8. The van der Waals surface area contributed by atoms with Crippen LogP contribution in [0.2, 0.25) is 0 Å². The number of carbonyl (C=O) groups is 2. The van der Waals surface area contributed by atoms with Crippen molar-refractivity contribution >= 4 is 12.0 Å². The summed E-state index contributed by atoms with van der Waals surface area (Å²) in [6, 6.07) is -0.258. The maximum absolute atomic E-state index is 11.4. The summed E-state index contributed by atoms with van der Waals surface area (Å²) in [6.07, 6.45) is 5.11. The van der Waals surface area contributed by atoms with Crippen LogP contribution in [0.4, 0.5) is 4.79 Å². The molecule has 1 heterocycles. The van der Waals surface area contributed by atoms with Gasteiger partial charge in [0.05, 0.1) is 12.7 Å². The van der Waals surface area contributed by atoms with Crippen molar-refractivity contribution in [1.29, 1.82) is 0 Å². The maximum Gasteiger partial charge on any atom is 0.315 e. The summed E-state index contributed by atoms with van der Waals surface area (Å²) in [7, 11) is 0. The first-order chi connectivity index (χ1) is 9.58. The van der Waals surface area contributed by atoms with E-state index in [0.29, 0.717) is 24.6 Å². The number of aromatic nitrogens is 1. The molecule has 0 radical (unpaired) electrons. The van der Waals surface area contributed by atoms with E-state index in [9.17, 15) is 9.59 Å². The van der Waals surface area contributed by atoms with Gasteiger partial charge in [0.2, 0.25) is 5.89 Å². The monoisotopic (exact) mass is 283 g/mol. The van der Waals surface area contributed by atoms with Gasteiger partial charge in [-0.3, -0.25) is 4.79 Å². The highest BCUT2D eigenvalue weighted by molar-refractivity contribution is 5.73. The number of aliphatic carboxylic acids is 1. The Morgan fingerprint density at radius 1 is 1.25 bits per heavy atom. The van der Waals surface area contributed by atoms with Crippen molar-refractivity contribution in [2.75, 3.05) is 6.54 Å². The number of hydrogen-bond donors (Lipinski definition) is 3. The summed E-state index contributed by atoms with van der Waals surface area (Å²) in [4.78, 5) is 25.7. The van der Waals surface area contributed by atoms with Gasteiger partial charge in [0.1, 0.15) is 5.76 Å². The van der Waals surface area contributed by atoms with E-state index in [1.807, 2.05) is 0 Å². The quantitative estimate of drug-likeness (QED) is 0.600. The Morgan fingerprint density at radius 3 is 2.65 bits per heavy atom. The third-order valence-electron chi connectivity index (χ3n) is 2.67. The van der Waals surface area contributed by atoms with Gasteiger partial charge in [-0.25, -0.2) is 9.78 Å². The Hall–Kier alpha value is -2.05. The Kier molecular flexibility index (Phi) is 7.16. The number of aryl methyl sites for hydroxylation is 1. The third kappa shape index (κ3) is 7.40. The number of urea groups is 1. The Balaban J connectivity index is 1.96. The number of hydrogen-bond acceptors (Lipinski definition) is 4. The number of nitrogens with zero attached hydrogens (tertiary/aromatic N) is 1. The van der Waals surface area contributed by atoms with Crippen LogP contribution < -0.4 is 10.6 Å². The van der Waals surface area contributed by atoms with Gasteiger partial charge in [-0.2, -0.15) is 0 Å². The molecular weight excluding hydrogens is 262 g/mol. The molecule has 0 fully saturated rings. The maximum atomic E-state index is 11.4. The lowest BCUT2D eigenvalue weighted by Crippen LogP contribution is -2.35. The molecule has 20 heavy (non-hydrogen) atoms. The molecule has 7 nitrogen and oxygen atoms in total. The number of carbonyl (C=O) groups excluding carboxylic acids is 1. The molecule has 0 spiro atoms. The van der Waals surface area contributed by atoms with Gasteiger partial charge in [0.15, 0.2) is 0 Å². The number of nitrogens with one attached hydrogen (secondary N) is 2. The summed E-state index contributed by atoms with van der Waals surface area (Å²) < 4.78 is 5.22. The molecule has 0 aromatic carbocycles. The van der Waals surface area contributed by atoms with Crippen LogP contribution in [-0.4, -0.2) is 28.6 Å². The number of oxazole rings is 1. The molecule has 0 saturated carbocycles. The molecule has 2 amide bonds. The SMILES string of the molecule is Cc1cnc(CNC(=O)NCCCCCCC(=O)O)o1. The van der Waals surface area contributed by atoms with Crippen LogP contribution in [0.15, 0.2) is 10.6 Å². The second kappa shape index (κ2) is 8.95. The first-order valence-corrected chi connectivity index (χ1v) is 6.72. The fourth-order valence-electron chi connectivity index (χ4n) is 1.66. The molecule has 0 saturated heterocycles. The molecule has 1 aromatic rings. The minimum absolute atomic E-state index is 0.212. The summed E-state index contributed by atoms with van der Waals surface area (Å²) in [6.45, 7) is 2.63. The molecule has 0 aliphatic heterocycles. The Labute approximate surface area is 117 Å². The van der Waals surface area contributed by atoms with Crippen LogP contribution >= 0.6 is 0 Å². The number of rotatable bonds is 9. The van der Waals surface area contributed by atoms with E-state index in [1.54, 1.807) is 13.1 Å². The molecule has 0 unspecified atom stereocenters. The molecule has 0 aliphatic carbocycles. The zero-order valence-electron chi connectivity index (χ0n) is 11.6. The van der Waals surface area contributed by atoms with Crippen molar-refractivity contribution < 1.29 is 19.1 Å². The van der Waals surface area contributed by atoms with Crippen molar-refractivity contribution in [1.82, 2.24) is 15.6 Å². The fourth-order valence-corrected chi connectivity index (χ4v) is 1.66. The molecule has 3 N–H and O–H groups in total. The van der Waals surface area contributed by atoms with Crippen LogP contribution in [0, 0.1) is 6.92 Å². The minimum atomic E-state index is -0.760. The minimum Gasteiger partial charge on any atom is -0.481 e. The van der Waals surface area contributed by atoms with E-state index in [1.165, 1.54) is 0 Å². The van der Waals surface area contributed by atoms with Crippen LogP contribution in [0.3, 0.4) is 0 Å². The predicted molar refractivity (Wildman–Crippen MR) is 72.2 cm³/mol. The molecule has 0 aliphatic rings. The number of carboxylic acids is 1. The van der Waals surface area contributed by atoms with Crippen LogP contribution in [0.1, 0.15) is 43.8 Å². The van der Waals surface area contributed by atoms with E-state index in [0.717, 1.165) is 19.3 Å². The predicted octanol–water partition coefficient (Wildman–Crippen LogP) is 1.82. The van der Waals surface area contributed by atoms with Crippen molar-refractivity contribution in [2.45, 2.75) is 45.6 Å². The summed E-state index contributed by atoms with van der Waals surface area (Å²) in [5, 5.41) is 13.8. The molecule has 1 aromatic heterocycles. The Morgan fingerprint density at radius 2 is 2.00 bits per heavy atom. The number of unbranched alkanes of at least 4 members (excludes halogenated alkanes) is 3. The van der Waals surface area contributed by atoms with Crippen molar-refractivity contribution in [3.8, 4) is 0 Å². The molecule has 112 valence electrons. The largest absolute Gasteiger partial charge is 0.481 e. The fraction of sp³-hybridized carbons (Fsp3) is 0.615. The molecule has 0 bridgehead atoms. The smallest absolute Gasteiger partial charge is 0.315 e. The van der Waals surface area contributed by atoms with E-state index < -0.39 is 5.97 Å². The molecule has 7 heteroatoms. The van der Waals surface area contributed by atoms with Crippen molar-refractivity contribution in [3.63, 3.8) is 0 Å². The highest BCUT2D eigenvalue weighted by Gasteiger charge is 2.03. The lowest BCUT2D eigenvalue weighted by atomic mass is 10.1. The highest BCUT2D eigenvalue weighted by Crippen LogP contribution is 2.02. The van der Waals surface area contributed by atoms with E-state index in [4.69, 9.17) is 9.52 Å². The topological polar surface area (TPSA) is 104 Å². The van der Waals surface area contributed by atoms with Gasteiger partial charge in [-0.05, 0) is 19.8 Å². The van der Waals surface area contributed by atoms with Crippen LogP contribution in [0.25, 0.3) is 0 Å². The first kappa shape index (κ1) is 16.0. The van der Waals surface area contributed by atoms with Gasteiger partial charge in [0, 0.05) is 13.0 Å². The van der Waals surface area contributed by atoms with Gasteiger partial charge < -0.3 is 20.2 Å². The summed E-state index contributed by atoms with van der Waals surface area (Å²) in [5.74, 6) is 0.430. The van der Waals surface area contributed by atoms with Crippen LogP contribution in [0.5, 0.6) is 0 Å². The van der Waals surface area contributed by atoms with Gasteiger partial charge in [0.25, 0.3) is 0 Å². The third-order valence-corrected chi connectivity index (χ3v) is 2.67. The van der Waals surface area contributed by atoms with Crippen molar-refractivity contribution in [3.05, 3.63) is 17.8 Å². The van der Waals surface area contributed by atoms with E-state index in [-0.39, 0.29) is 19.0 Å².